The van der Waals surface area contributed by atoms with Crippen LogP contribution in [-0.2, 0) is 9.53 Å². The number of hydrogen-bond donors (Lipinski definition) is 2. The van der Waals surface area contributed by atoms with E-state index in [4.69, 9.17) is 9.84 Å². The standard InChI is InChI=1S/C10H21NO3/c1-9(2)4-7-14-8-6-11-5-3-10(12)13/h9,11H,3-8H2,1-2H3,(H,12,13). The summed E-state index contributed by atoms with van der Waals surface area (Å²) < 4.78 is 5.34. The summed E-state index contributed by atoms with van der Waals surface area (Å²) in [5, 5.41) is 11.3. The molecule has 0 spiro atoms. The second-order valence-corrected chi connectivity index (χ2v) is 3.69. The van der Waals surface area contributed by atoms with Gasteiger partial charge in [-0.05, 0) is 12.3 Å². The van der Waals surface area contributed by atoms with Crippen molar-refractivity contribution in [1.29, 1.82) is 0 Å². The molecule has 4 heteroatoms. The number of carbonyl (C=O) groups is 1. The third-order valence-corrected chi connectivity index (χ3v) is 1.78. The van der Waals surface area contributed by atoms with Crippen molar-refractivity contribution in [2.75, 3.05) is 26.3 Å². The quantitative estimate of drug-likeness (QED) is 0.551. The first-order valence-corrected chi connectivity index (χ1v) is 5.13. The van der Waals surface area contributed by atoms with Crippen LogP contribution in [0.2, 0.25) is 0 Å². The number of carboxylic acid groups (broad SMARTS) is 1. The summed E-state index contributed by atoms with van der Waals surface area (Å²) in [5.74, 6) is -0.0896. The van der Waals surface area contributed by atoms with Crippen LogP contribution in [0.5, 0.6) is 0 Å². The maximum atomic E-state index is 10.1. The molecule has 0 aromatic heterocycles. The van der Waals surface area contributed by atoms with E-state index in [1.807, 2.05) is 0 Å². The monoisotopic (exact) mass is 203 g/mol. The third kappa shape index (κ3) is 11.4. The Hall–Kier alpha value is -0.610. The van der Waals surface area contributed by atoms with E-state index in [2.05, 4.69) is 19.2 Å². The third-order valence-electron chi connectivity index (χ3n) is 1.78. The first-order valence-electron chi connectivity index (χ1n) is 5.13. The van der Waals surface area contributed by atoms with Gasteiger partial charge in [-0.15, -0.1) is 0 Å². The van der Waals surface area contributed by atoms with Crippen molar-refractivity contribution in [3.63, 3.8) is 0 Å². The van der Waals surface area contributed by atoms with E-state index in [9.17, 15) is 4.79 Å². The van der Waals surface area contributed by atoms with Crippen LogP contribution < -0.4 is 5.32 Å². The molecular formula is C10H21NO3. The second kappa shape index (κ2) is 8.97. The number of hydrogen-bond acceptors (Lipinski definition) is 3. The Morgan fingerprint density at radius 3 is 2.64 bits per heavy atom. The van der Waals surface area contributed by atoms with E-state index < -0.39 is 5.97 Å². The zero-order chi connectivity index (χ0) is 10.8. The molecule has 0 aliphatic rings. The summed E-state index contributed by atoms with van der Waals surface area (Å²) in [4.78, 5) is 10.1. The van der Waals surface area contributed by atoms with E-state index >= 15 is 0 Å². The SMILES string of the molecule is CC(C)CCOCCNCCC(=O)O. The van der Waals surface area contributed by atoms with Crippen molar-refractivity contribution in [2.24, 2.45) is 5.92 Å². The van der Waals surface area contributed by atoms with Gasteiger partial charge in [0.1, 0.15) is 0 Å². The zero-order valence-electron chi connectivity index (χ0n) is 9.08. The highest BCUT2D eigenvalue weighted by Gasteiger charge is 1.96. The molecule has 0 unspecified atom stereocenters. The first kappa shape index (κ1) is 13.4. The lowest BCUT2D eigenvalue weighted by Gasteiger charge is -2.06. The van der Waals surface area contributed by atoms with Gasteiger partial charge < -0.3 is 15.2 Å². The minimum Gasteiger partial charge on any atom is -0.481 e. The fourth-order valence-electron chi connectivity index (χ4n) is 0.886. The topological polar surface area (TPSA) is 58.6 Å². The number of carboxylic acids is 1. The van der Waals surface area contributed by atoms with Gasteiger partial charge in [0.25, 0.3) is 0 Å². The van der Waals surface area contributed by atoms with Gasteiger partial charge in [-0.1, -0.05) is 13.8 Å². The molecule has 0 amide bonds. The van der Waals surface area contributed by atoms with Crippen LogP contribution in [-0.4, -0.2) is 37.4 Å². The molecule has 0 aliphatic heterocycles. The molecule has 14 heavy (non-hydrogen) atoms. The Morgan fingerprint density at radius 2 is 2.07 bits per heavy atom. The number of rotatable bonds is 9. The minimum absolute atomic E-state index is 0.173. The largest absolute Gasteiger partial charge is 0.481 e. The van der Waals surface area contributed by atoms with E-state index in [-0.39, 0.29) is 6.42 Å². The van der Waals surface area contributed by atoms with Gasteiger partial charge in [0.05, 0.1) is 13.0 Å². The average molecular weight is 203 g/mol. The summed E-state index contributed by atoms with van der Waals surface area (Å²) >= 11 is 0. The molecule has 2 N–H and O–H groups in total. The number of nitrogens with one attached hydrogen (secondary N) is 1. The zero-order valence-corrected chi connectivity index (χ0v) is 9.08. The molecule has 0 saturated carbocycles. The summed E-state index contributed by atoms with van der Waals surface area (Å²) in [6.07, 6.45) is 1.25. The van der Waals surface area contributed by atoms with Gasteiger partial charge >= 0.3 is 5.97 Å². The fourth-order valence-corrected chi connectivity index (χ4v) is 0.886. The molecule has 0 fully saturated rings. The second-order valence-electron chi connectivity index (χ2n) is 3.69. The Bertz CT molecular complexity index is 148. The van der Waals surface area contributed by atoms with Crippen LogP contribution >= 0.6 is 0 Å². The van der Waals surface area contributed by atoms with Crippen LogP contribution in [0, 0.1) is 5.92 Å². The molecule has 0 aromatic carbocycles. The van der Waals surface area contributed by atoms with E-state index in [0.29, 0.717) is 19.1 Å². The van der Waals surface area contributed by atoms with E-state index in [1.54, 1.807) is 0 Å². The first-order chi connectivity index (χ1) is 6.63. The highest BCUT2D eigenvalue weighted by Crippen LogP contribution is 1.98. The predicted octanol–water partition coefficient (Wildman–Crippen LogP) is 1.11. The van der Waals surface area contributed by atoms with Crippen molar-refractivity contribution < 1.29 is 14.6 Å². The smallest absolute Gasteiger partial charge is 0.304 e. The average Bonchev–Trinajstić information content (AvgIpc) is 2.08. The Kier molecular flexibility index (Phi) is 8.57. The Balaban J connectivity index is 2.96. The summed E-state index contributed by atoms with van der Waals surface area (Å²) in [5.41, 5.74) is 0. The van der Waals surface area contributed by atoms with Crippen LogP contribution in [0.4, 0.5) is 0 Å². The van der Waals surface area contributed by atoms with Gasteiger partial charge in [0.2, 0.25) is 0 Å². The highest BCUT2D eigenvalue weighted by molar-refractivity contribution is 5.66. The molecule has 0 radical (unpaired) electrons. The van der Waals surface area contributed by atoms with Crippen LogP contribution in [0.25, 0.3) is 0 Å². The number of ether oxygens (including phenoxy) is 1. The maximum absolute atomic E-state index is 10.1. The van der Waals surface area contributed by atoms with Gasteiger partial charge in [-0.25, -0.2) is 0 Å². The van der Waals surface area contributed by atoms with E-state index in [0.717, 1.165) is 19.6 Å². The Morgan fingerprint density at radius 1 is 1.36 bits per heavy atom. The lowest BCUT2D eigenvalue weighted by atomic mass is 10.1. The van der Waals surface area contributed by atoms with Crippen molar-refractivity contribution in [2.45, 2.75) is 26.7 Å². The van der Waals surface area contributed by atoms with Gasteiger partial charge in [-0.2, -0.15) is 0 Å². The fraction of sp³-hybridized carbons (Fsp3) is 0.900. The van der Waals surface area contributed by atoms with Crippen LogP contribution in [0.3, 0.4) is 0 Å². The maximum Gasteiger partial charge on any atom is 0.304 e. The molecule has 0 aromatic rings. The molecular weight excluding hydrogens is 182 g/mol. The Labute approximate surface area is 85.6 Å². The summed E-state index contributed by atoms with van der Waals surface area (Å²) in [7, 11) is 0. The van der Waals surface area contributed by atoms with Gasteiger partial charge in [0, 0.05) is 19.7 Å². The van der Waals surface area contributed by atoms with Crippen molar-refractivity contribution >= 4 is 5.97 Å². The normalized spacial score (nSPS) is 10.8. The van der Waals surface area contributed by atoms with Crippen molar-refractivity contribution in [1.82, 2.24) is 5.32 Å². The molecule has 0 aliphatic carbocycles. The van der Waals surface area contributed by atoms with Gasteiger partial charge in [0.15, 0.2) is 0 Å². The van der Waals surface area contributed by atoms with Gasteiger partial charge in [-0.3, -0.25) is 4.79 Å². The van der Waals surface area contributed by atoms with Crippen LogP contribution in [0.15, 0.2) is 0 Å². The van der Waals surface area contributed by atoms with Crippen LogP contribution in [0.1, 0.15) is 26.7 Å². The molecule has 0 saturated heterocycles. The predicted molar refractivity (Wildman–Crippen MR) is 55.4 cm³/mol. The van der Waals surface area contributed by atoms with E-state index in [1.165, 1.54) is 0 Å². The minimum atomic E-state index is -0.766. The summed E-state index contributed by atoms with van der Waals surface area (Å²) in [6.45, 7) is 7.02. The molecule has 0 heterocycles. The lowest BCUT2D eigenvalue weighted by molar-refractivity contribution is -0.136. The van der Waals surface area contributed by atoms with Crippen molar-refractivity contribution in [3.8, 4) is 0 Å². The number of aliphatic carboxylic acids is 1. The van der Waals surface area contributed by atoms with Crippen molar-refractivity contribution in [3.05, 3.63) is 0 Å². The highest BCUT2D eigenvalue weighted by atomic mass is 16.5. The lowest BCUT2D eigenvalue weighted by Crippen LogP contribution is -2.23. The molecule has 0 bridgehead atoms. The molecule has 0 atom stereocenters. The molecule has 4 nitrogen and oxygen atoms in total. The molecule has 84 valence electrons. The summed E-state index contributed by atoms with van der Waals surface area (Å²) in [6, 6.07) is 0. The molecule has 0 rings (SSSR count).